The second kappa shape index (κ2) is 7.05. The van der Waals surface area contributed by atoms with Crippen molar-refractivity contribution in [3.8, 4) is 34.2 Å². The lowest BCUT2D eigenvalue weighted by atomic mass is 9.97. The molecule has 7 heteroatoms. The summed E-state index contributed by atoms with van der Waals surface area (Å²) in [6, 6.07) is 15.5. The molecule has 0 saturated heterocycles. The van der Waals surface area contributed by atoms with Crippen molar-refractivity contribution in [2.45, 2.75) is 18.9 Å². The molecule has 0 bridgehead atoms. The maximum absolute atomic E-state index is 9.92. The number of ether oxygens (including phenoxy) is 1. The quantitative estimate of drug-likeness (QED) is 0.509. The Kier molecular flexibility index (Phi) is 4.34. The zero-order chi connectivity index (χ0) is 20.8. The first-order chi connectivity index (χ1) is 14.5. The Morgan fingerprint density at radius 2 is 1.97 bits per heavy atom. The number of aromatic nitrogens is 3. The third-order valence-corrected chi connectivity index (χ3v) is 5.43. The molecule has 0 amide bonds. The third-order valence-electron chi connectivity index (χ3n) is 5.22. The van der Waals surface area contributed by atoms with E-state index in [0.717, 1.165) is 40.6 Å². The van der Waals surface area contributed by atoms with Crippen LogP contribution in [0, 0.1) is 11.3 Å². The lowest BCUT2D eigenvalue weighted by molar-refractivity contribution is 0.302. The van der Waals surface area contributed by atoms with Gasteiger partial charge in [-0.25, -0.2) is 4.98 Å². The fourth-order valence-corrected chi connectivity index (χ4v) is 3.82. The van der Waals surface area contributed by atoms with E-state index in [1.807, 2.05) is 31.3 Å². The molecule has 0 atom stereocenters. The van der Waals surface area contributed by atoms with Gasteiger partial charge in [0, 0.05) is 34.6 Å². The molecule has 148 valence electrons. The number of aryl methyl sites for hydroxylation is 1. The van der Waals surface area contributed by atoms with Gasteiger partial charge in [-0.3, -0.25) is 4.68 Å². The monoisotopic (exact) mass is 415 g/mol. The standard InChI is InChI=1S/C23H18ClN5O/c1-29-23(17-9-15(24)10-21(18(17)11-25)30-16-5-6-16)19(12-27-29)14-3-2-13-4-7-22(26)28-20(13)8-14/h2-4,7-10,12,16H,5-6H2,1H3,(H2,26,28). The lowest BCUT2D eigenvalue weighted by Gasteiger charge is -2.14. The highest BCUT2D eigenvalue weighted by molar-refractivity contribution is 6.31. The minimum atomic E-state index is 0.159. The Bertz CT molecular complexity index is 1330. The van der Waals surface area contributed by atoms with Crippen LogP contribution in [0.2, 0.25) is 5.02 Å². The summed E-state index contributed by atoms with van der Waals surface area (Å²) in [7, 11) is 1.85. The molecule has 30 heavy (non-hydrogen) atoms. The molecular weight excluding hydrogens is 398 g/mol. The molecule has 2 N–H and O–H groups in total. The predicted octanol–water partition coefficient (Wildman–Crippen LogP) is 4.95. The highest BCUT2D eigenvalue weighted by Gasteiger charge is 2.27. The fraction of sp³-hybridized carbons (Fsp3) is 0.174. The lowest BCUT2D eigenvalue weighted by Crippen LogP contribution is -2.02. The SMILES string of the molecule is Cn1ncc(-c2ccc3ccc(N)nc3c2)c1-c1cc(Cl)cc(OC2CC2)c1C#N. The van der Waals surface area contributed by atoms with Crippen LogP contribution in [0.4, 0.5) is 5.82 Å². The molecule has 6 nitrogen and oxygen atoms in total. The molecule has 0 spiro atoms. The normalized spacial score (nSPS) is 13.4. The number of halogens is 1. The summed E-state index contributed by atoms with van der Waals surface area (Å²) in [6.45, 7) is 0. The second-order valence-electron chi connectivity index (χ2n) is 7.43. The van der Waals surface area contributed by atoms with Crippen molar-refractivity contribution < 1.29 is 4.74 Å². The Morgan fingerprint density at radius 1 is 1.17 bits per heavy atom. The summed E-state index contributed by atoms with van der Waals surface area (Å²) < 4.78 is 7.71. The molecule has 2 aromatic heterocycles. The van der Waals surface area contributed by atoms with Gasteiger partial charge in [-0.1, -0.05) is 23.7 Å². The van der Waals surface area contributed by atoms with E-state index in [-0.39, 0.29) is 6.10 Å². The summed E-state index contributed by atoms with van der Waals surface area (Å²) in [4.78, 5) is 4.43. The van der Waals surface area contributed by atoms with Gasteiger partial charge in [-0.2, -0.15) is 10.4 Å². The van der Waals surface area contributed by atoms with E-state index in [4.69, 9.17) is 22.1 Å². The average Bonchev–Trinajstić information content (AvgIpc) is 3.45. The van der Waals surface area contributed by atoms with Gasteiger partial charge >= 0.3 is 0 Å². The van der Waals surface area contributed by atoms with E-state index in [9.17, 15) is 5.26 Å². The van der Waals surface area contributed by atoms with Gasteiger partial charge in [0.05, 0.1) is 23.5 Å². The topological polar surface area (TPSA) is 89.8 Å². The molecule has 2 heterocycles. The number of nitriles is 1. The number of anilines is 1. The highest BCUT2D eigenvalue weighted by atomic mass is 35.5. The number of benzene rings is 2. The fourth-order valence-electron chi connectivity index (χ4n) is 3.61. The van der Waals surface area contributed by atoms with Crippen molar-refractivity contribution in [1.82, 2.24) is 14.8 Å². The molecule has 2 aromatic carbocycles. The number of rotatable bonds is 4. The minimum absolute atomic E-state index is 0.159. The van der Waals surface area contributed by atoms with Crippen LogP contribution in [0.15, 0.2) is 48.7 Å². The van der Waals surface area contributed by atoms with Gasteiger partial charge in [0.1, 0.15) is 23.2 Å². The first-order valence-electron chi connectivity index (χ1n) is 9.63. The summed E-state index contributed by atoms with van der Waals surface area (Å²) in [5, 5.41) is 15.9. The van der Waals surface area contributed by atoms with E-state index < -0.39 is 0 Å². The van der Waals surface area contributed by atoms with Crippen LogP contribution >= 0.6 is 11.6 Å². The minimum Gasteiger partial charge on any atom is -0.489 e. The van der Waals surface area contributed by atoms with Crippen LogP contribution in [0.1, 0.15) is 18.4 Å². The van der Waals surface area contributed by atoms with E-state index in [1.165, 1.54) is 0 Å². The van der Waals surface area contributed by atoms with E-state index in [0.29, 0.717) is 27.7 Å². The largest absolute Gasteiger partial charge is 0.489 e. The van der Waals surface area contributed by atoms with Gasteiger partial charge in [-0.05, 0) is 42.7 Å². The van der Waals surface area contributed by atoms with Crippen molar-refractivity contribution in [1.29, 1.82) is 5.26 Å². The number of hydrogen-bond acceptors (Lipinski definition) is 5. The molecule has 1 aliphatic carbocycles. The zero-order valence-corrected chi connectivity index (χ0v) is 17.0. The van der Waals surface area contributed by atoms with Crippen molar-refractivity contribution in [2.24, 2.45) is 7.05 Å². The Labute approximate surface area is 178 Å². The molecular formula is C23H18ClN5O. The summed E-state index contributed by atoms with van der Waals surface area (Å²) in [5.41, 5.74) is 10.4. The number of nitrogens with two attached hydrogens (primary N) is 1. The molecule has 5 rings (SSSR count). The summed E-state index contributed by atoms with van der Waals surface area (Å²) in [6.07, 6.45) is 3.94. The van der Waals surface area contributed by atoms with Crippen molar-refractivity contribution in [2.75, 3.05) is 5.73 Å². The van der Waals surface area contributed by atoms with Gasteiger partial charge in [0.2, 0.25) is 0 Å². The van der Waals surface area contributed by atoms with Crippen molar-refractivity contribution in [3.05, 3.63) is 59.2 Å². The van der Waals surface area contributed by atoms with Crippen LogP contribution in [0.3, 0.4) is 0 Å². The summed E-state index contributed by atoms with van der Waals surface area (Å²) in [5.74, 6) is 0.983. The Hall–Kier alpha value is -3.56. The molecule has 1 aliphatic rings. The van der Waals surface area contributed by atoms with Crippen LogP contribution in [0.25, 0.3) is 33.3 Å². The van der Waals surface area contributed by atoms with E-state index in [2.05, 4.69) is 16.2 Å². The molecule has 1 fully saturated rings. The molecule has 0 aliphatic heterocycles. The number of nitrogen functional groups attached to an aromatic ring is 1. The highest BCUT2D eigenvalue weighted by Crippen LogP contribution is 2.40. The van der Waals surface area contributed by atoms with Crippen LogP contribution in [-0.2, 0) is 7.05 Å². The van der Waals surface area contributed by atoms with Crippen molar-refractivity contribution >= 4 is 28.3 Å². The van der Waals surface area contributed by atoms with E-state index >= 15 is 0 Å². The first kappa shape index (κ1) is 18.5. The average molecular weight is 416 g/mol. The zero-order valence-electron chi connectivity index (χ0n) is 16.3. The molecule has 0 radical (unpaired) electrons. The van der Waals surface area contributed by atoms with Crippen molar-refractivity contribution in [3.63, 3.8) is 0 Å². The number of fused-ring (bicyclic) bond motifs is 1. The van der Waals surface area contributed by atoms with E-state index in [1.54, 1.807) is 29.1 Å². The van der Waals surface area contributed by atoms with Gasteiger partial charge < -0.3 is 10.5 Å². The molecule has 4 aromatic rings. The maximum Gasteiger partial charge on any atom is 0.139 e. The van der Waals surface area contributed by atoms with Crippen LogP contribution in [-0.4, -0.2) is 20.9 Å². The Balaban J connectivity index is 1.70. The summed E-state index contributed by atoms with van der Waals surface area (Å²) >= 11 is 6.40. The third kappa shape index (κ3) is 3.23. The molecule has 0 unspecified atom stereocenters. The molecule has 1 saturated carbocycles. The van der Waals surface area contributed by atoms with Crippen LogP contribution < -0.4 is 10.5 Å². The number of hydrogen-bond donors (Lipinski definition) is 1. The smallest absolute Gasteiger partial charge is 0.139 e. The van der Waals surface area contributed by atoms with Crippen LogP contribution in [0.5, 0.6) is 5.75 Å². The van der Waals surface area contributed by atoms with Gasteiger partial charge in [0.15, 0.2) is 0 Å². The second-order valence-corrected chi connectivity index (χ2v) is 7.87. The van der Waals surface area contributed by atoms with Gasteiger partial charge in [-0.15, -0.1) is 0 Å². The maximum atomic E-state index is 9.92. The first-order valence-corrected chi connectivity index (χ1v) is 10.0. The Morgan fingerprint density at radius 3 is 2.73 bits per heavy atom. The predicted molar refractivity (Wildman–Crippen MR) is 117 cm³/mol. The number of pyridine rings is 1. The number of nitrogens with zero attached hydrogens (tertiary/aromatic N) is 4. The van der Waals surface area contributed by atoms with Gasteiger partial charge in [0.25, 0.3) is 0 Å².